The molecule has 0 amide bonds. The Labute approximate surface area is 216 Å². The molecule has 9 heteroatoms. The van der Waals surface area contributed by atoms with Gasteiger partial charge in [0.15, 0.2) is 4.90 Å². The van der Waals surface area contributed by atoms with E-state index < -0.39 is 26.0 Å². The highest BCUT2D eigenvalue weighted by Crippen LogP contribution is 2.52. The van der Waals surface area contributed by atoms with Crippen molar-refractivity contribution in [1.29, 1.82) is 0 Å². The van der Waals surface area contributed by atoms with Crippen LogP contribution in [0.2, 0.25) is 0 Å². The van der Waals surface area contributed by atoms with Crippen molar-refractivity contribution in [3.05, 3.63) is 88.0 Å². The number of sulfonamides is 1. The van der Waals surface area contributed by atoms with Crippen LogP contribution in [-0.2, 0) is 15.4 Å². The highest BCUT2D eigenvalue weighted by Gasteiger charge is 2.47. The number of anilines is 1. The zero-order valence-electron chi connectivity index (χ0n) is 21.0. The minimum absolute atomic E-state index is 0.0486. The summed E-state index contributed by atoms with van der Waals surface area (Å²) in [4.78, 5) is 11.8. The predicted octanol–water partition coefficient (Wildman–Crippen LogP) is 6.37. The summed E-state index contributed by atoms with van der Waals surface area (Å²) in [5, 5.41) is 11.6. The van der Waals surface area contributed by atoms with Crippen LogP contribution in [0.4, 0.5) is 11.4 Å². The lowest BCUT2D eigenvalue weighted by molar-refractivity contribution is -0.387. The average molecular weight is 527 g/mol. The Kier molecular flexibility index (Phi) is 7.07. The summed E-state index contributed by atoms with van der Waals surface area (Å²) in [7, 11) is -2.72. The first-order valence-corrected chi connectivity index (χ1v) is 14.0. The number of benzene rings is 3. The Balaban J connectivity index is 1.99. The normalized spacial score (nSPS) is 17.1. The lowest BCUT2D eigenvalue weighted by Gasteiger charge is -2.46. The van der Waals surface area contributed by atoms with E-state index in [-0.39, 0.29) is 22.6 Å². The molecule has 0 bridgehead atoms. The van der Waals surface area contributed by atoms with Gasteiger partial charge in [-0.1, -0.05) is 64.1 Å². The summed E-state index contributed by atoms with van der Waals surface area (Å²) in [5.41, 5.74) is 1.35. The number of nitrogens with zero attached hydrogens (tertiary/aromatic N) is 2. The van der Waals surface area contributed by atoms with Crippen molar-refractivity contribution in [3.63, 3.8) is 0 Å². The van der Waals surface area contributed by atoms with E-state index in [1.165, 1.54) is 28.6 Å². The zero-order chi connectivity index (χ0) is 26.3. The Morgan fingerprint density at radius 2 is 1.69 bits per heavy atom. The molecule has 1 heterocycles. The molecule has 0 radical (unpaired) electrons. The largest absolute Gasteiger partial charge is 0.496 e. The zero-order valence-corrected chi connectivity index (χ0v) is 22.6. The molecule has 1 unspecified atom stereocenters. The third-order valence-electron chi connectivity index (χ3n) is 6.71. The van der Waals surface area contributed by atoms with Gasteiger partial charge in [0.2, 0.25) is 0 Å². The second-order valence-corrected chi connectivity index (χ2v) is 12.7. The fourth-order valence-electron chi connectivity index (χ4n) is 4.77. The molecular formula is C27H30N2O5S2. The fraction of sp³-hybridized carbons (Fsp3) is 0.333. The first-order chi connectivity index (χ1) is 17.0. The number of thioether (sulfide) groups is 1. The number of ether oxygens (including phenoxy) is 1. The monoisotopic (exact) mass is 526 g/mol. The number of nitro benzene ring substituents is 1. The van der Waals surface area contributed by atoms with Gasteiger partial charge >= 0.3 is 0 Å². The van der Waals surface area contributed by atoms with Crippen molar-refractivity contribution in [2.45, 2.75) is 54.1 Å². The summed E-state index contributed by atoms with van der Waals surface area (Å²) < 4.78 is 35.5. The highest BCUT2D eigenvalue weighted by atomic mass is 32.2. The minimum Gasteiger partial charge on any atom is -0.496 e. The Bertz CT molecular complexity index is 1390. The molecule has 1 atom stereocenters. The summed E-state index contributed by atoms with van der Waals surface area (Å²) in [6.07, 6.45) is 0. The molecule has 3 aromatic carbocycles. The lowest BCUT2D eigenvalue weighted by Crippen LogP contribution is -2.50. The van der Waals surface area contributed by atoms with E-state index in [0.29, 0.717) is 11.4 Å². The molecule has 0 spiro atoms. The van der Waals surface area contributed by atoms with Crippen LogP contribution in [0, 0.1) is 10.1 Å². The number of hydrogen-bond donors (Lipinski definition) is 0. The maximum absolute atomic E-state index is 14.2. The van der Waals surface area contributed by atoms with Crippen LogP contribution in [0.15, 0.2) is 76.5 Å². The van der Waals surface area contributed by atoms with Crippen LogP contribution in [0.5, 0.6) is 5.75 Å². The maximum atomic E-state index is 14.2. The molecule has 36 heavy (non-hydrogen) atoms. The quantitative estimate of drug-likeness (QED) is 0.262. The van der Waals surface area contributed by atoms with Gasteiger partial charge in [0.05, 0.1) is 17.7 Å². The van der Waals surface area contributed by atoms with Crippen LogP contribution in [0.3, 0.4) is 0 Å². The van der Waals surface area contributed by atoms with Crippen molar-refractivity contribution in [2.24, 2.45) is 0 Å². The number of rotatable bonds is 7. The molecule has 1 aliphatic rings. The molecule has 0 aliphatic carbocycles. The van der Waals surface area contributed by atoms with E-state index in [0.717, 1.165) is 16.0 Å². The maximum Gasteiger partial charge on any atom is 0.289 e. The van der Waals surface area contributed by atoms with Gasteiger partial charge in [-0.05, 0) is 35.7 Å². The van der Waals surface area contributed by atoms with Gasteiger partial charge in [0, 0.05) is 33.7 Å². The molecule has 7 nitrogen and oxygen atoms in total. The van der Waals surface area contributed by atoms with Crippen molar-refractivity contribution < 1.29 is 18.1 Å². The van der Waals surface area contributed by atoms with Crippen LogP contribution < -0.4 is 9.04 Å². The minimum atomic E-state index is -4.28. The number of para-hydroxylation sites is 1. The first-order valence-electron chi connectivity index (χ1n) is 11.7. The van der Waals surface area contributed by atoms with E-state index in [4.69, 9.17) is 4.74 Å². The summed E-state index contributed by atoms with van der Waals surface area (Å²) in [5.74, 6) is 0.545. The molecule has 1 aliphatic heterocycles. The van der Waals surface area contributed by atoms with E-state index in [2.05, 4.69) is 13.8 Å². The average Bonchev–Trinajstić information content (AvgIpc) is 2.85. The molecule has 0 fully saturated rings. The third kappa shape index (κ3) is 4.46. The van der Waals surface area contributed by atoms with Gasteiger partial charge < -0.3 is 4.74 Å². The Hall–Kier alpha value is -3.04. The van der Waals surface area contributed by atoms with E-state index in [9.17, 15) is 18.5 Å². The smallest absolute Gasteiger partial charge is 0.289 e. The molecule has 0 N–H and O–H groups in total. The van der Waals surface area contributed by atoms with Crippen molar-refractivity contribution >= 4 is 33.2 Å². The second-order valence-electron chi connectivity index (χ2n) is 9.63. The van der Waals surface area contributed by atoms with E-state index in [1.807, 2.05) is 56.3 Å². The SMILES string of the molecule is COc1ccc2c(c1C(C)C)N(S(=O)(=O)c1ccccc1[N+](=O)[O-])CC(Sc1ccccc1)C2(C)C. The van der Waals surface area contributed by atoms with Crippen LogP contribution in [0.1, 0.15) is 44.7 Å². The molecular weight excluding hydrogens is 496 g/mol. The van der Waals surface area contributed by atoms with Gasteiger partial charge in [-0.15, -0.1) is 11.8 Å². The van der Waals surface area contributed by atoms with Gasteiger partial charge in [-0.3, -0.25) is 14.4 Å². The molecule has 0 saturated heterocycles. The molecule has 0 aromatic heterocycles. The van der Waals surface area contributed by atoms with Gasteiger partial charge in [-0.2, -0.15) is 0 Å². The van der Waals surface area contributed by atoms with E-state index >= 15 is 0 Å². The molecule has 3 aromatic rings. The number of nitro groups is 1. The first kappa shape index (κ1) is 26.0. The summed E-state index contributed by atoms with van der Waals surface area (Å²) in [6.45, 7) is 8.38. The van der Waals surface area contributed by atoms with Crippen LogP contribution in [0.25, 0.3) is 0 Å². The lowest BCUT2D eigenvalue weighted by atomic mass is 9.75. The Morgan fingerprint density at radius 3 is 2.31 bits per heavy atom. The highest BCUT2D eigenvalue weighted by molar-refractivity contribution is 8.00. The van der Waals surface area contributed by atoms with Crippen LogP contribution >= 0.6 is 11.8 Å². The van der Waals surface area contributed by atoms with Gasteiger partial charge in [0.25, 0.3) is 15.7 Å². The van der Waals surface area contributed by atoms with E-state index in [1.54, 1.807) is 18.9 Å². The fourth-order valence-corrected chi connectivity index (χ4v) is 7.83. The summed E-state index contributed by atoms with van der Waals surface area (Å²) >= 11 is 1.61. The Morgan fingerprint density at radius 1 is 1.06 bits per heavy atom. The van der Waals surface area contributed by atoms with Crippen molar-refractivity contribution in [1.82, 2.24) is 0 Å². The molecule has 0 saturated carbocycles. The van der Waals surface area contributed by atoms with Crippen LogP contribution in [-0.4, -0.2) is 32.2 Å². The standard InChI is InChI=1S/C27H30N2O5S2/c1-18(2)25-22(34-5)16-15-20-26(25)28(36(32,33)23-14-10-9-13-21(23)29(30)31)17-24(27(20,3)4)35-19-11-7-6-8-12-19/h6-16,18,24H,17H2,1-5H3. The number of hydrogen-bond acceptors (Lipinski definition) is 6. The molecule has 190 valence electrons. The number of fused-ring (bicyclic) bond motifs is 1. The number of methoxy groups -OCH3 is 1. The third-order valence-corrected chi connectivity index (χ3v) is 10.1. The summed E-state index contributed by atoms with van der Waals surface area (Å²) in [6, 6.07) is 19.2. The van der Waals surface area contributed by atoms with Gasteiger partial charge in [-0.25, -0.2) is 8.42 Å². The topological polar surface area (TPSA) is 89.8 Å². The van der Waals surface area contributed by atoms with Gasteiger partial charge in [0.1, 0.15) is 5.75 Å². The van der Waals surface area contributed by atoms with Crippen molar-refractivity contribution in [2.75, 3.05) is 18.0 Å². The van der Waals surface area contributed by atoms with Crippen molar-refractivity contribution in [3.8, 4) is 5.75 Å². The molecule has 4 rings (SSSR count). The predicted molar refractivity (Wildman–Crippen MR) is 144 cm³/mol. The second kappa shape index (κ2) is 9.78.